The van der Waals surface area contributed by atoms with Crippen molar-refractivity contribution in [3.8, 4) is 0 Å². The number of aryl methyl sites for hydroxylation is 1. The molecule has 3 rings (SSSR count). The minimum Gasteiger partial charge on any atom is -0.379 e. The molecule has 2 saturated heterocycles. The van der Waals surface area contributed by atoms with Crippen LogP contribution in [-0.2, 0) is 20.7 Å². The Hall–Kier alpha value is -1.39. The van der Waals surface area contributed by atoms with Gasteiger partial charge in [0.25, 0.3) is 0 Å². The normalized spacial score (nSPS) is 22.9. The highest BCUT2D eigenvalue weighted by atomic mass is 16.5. The van der Waals surface area contributed by atoms with E-state index in [1.165, 1.54) is 5.56 Å². The fourth-order valence-corrected chi connectivity index (χ4v) is 3.88. The van der Waals surface area contributed by atoms with E-state index in [4.69, 9.17) is 9.47 Å². The molecule has 0 N–H and O–H groups in total. The molecule has 1 aromatic rings. The summed E-state index contributed by atoms with van der Waals surface area (Å²) in [6, 6.07) is 10.3. The number of hydrogen-bond acceptors (Lipinski definition) is 3. The number of nitrogens with zero attached hydrogens (tertiary/aromatic N) is 1. The second kappa shape index (κ2) is 8.13. The first kappa shape index (κ1) is 17.4. The third-order valence-electron chi connectivity index (χ3n) is 5.44. The van der Waals surface area contributed by atoms with E-state index in [2.05, 4.69) is 12.1 Å². The number of ether oxygens (including phenoxy) is 2. The predicted octanol–water partition coefficient (Wildman–Crippen LogP) is 3.05. The lowest BCUT2D eigenvalue weighted by atomic mass is 9.76. The van der Waals surface area contributed by atoms with Gasteiger partial charge in [-0.1, -0.05) is 30.3 Å². The fourth-order valence-electron chi connectivity index (χ4n) is 3.88. The number of amides is 1. The molecule has 2 aliphatic rings. The Labute approximate surface area is 145 Å². The van der Waals surface area contributed by atoms with Crippen LogP contribution in [0.3, 0.4) is 0 Å². The topological polar surface area (TPSA) is 38.8 Å². The number of rotatable bonds is 6. The summed E-state index contributed by atoms with van der Waals surface area (Å²) in [6.07, 6.45) is 4.89. The third kappa shape index (κ3) is 4.37. The molecule has 1 atom stereocenters. The van der Waals surface area contributed by atoms with Crippen molar-refractivity contribution in [2.75, 3.05) is 32.9 Å². The molecule has 4 nitrogen and oxygen atoms in total. The molecule has 0 unspecified atom stereocenters. The molecule has 1 spiro atoms. The summed E-state index contributed by atoms with van der Waals surface area (Å²) in [4.78, 5) is 14.5. The van der Waals surface area contributed by atoms with Crippen LogP contribution in [0.15, 0.2) is 30.3 Å². The van der Waals surface area contributed by atoms with Gasteiger partial charge in [-0.3, -0.25) is 4.79 Å². The van der Waals surface area contributed by atoms with Crippen LogP contribution >= 0.6 is 0 Å². The fraction of sp³-hybridized carbons (Fsp3) is 0.650. The quantitative estimate of drug-likeness (QED) is 0.804. The molecule has 0 aromatic heterocycles. The van der Waals surface area contributed by atoms with Gasteiger partial charge in [0.1, 0.15) is 0 Å². The number of hydrogen-bond donors (Lipinski definition) is 0. The van der Waals surface area contributed by atoms with Crippen molar-refractivity contribution in [1.29, 1.82) is 0 Å². The summed E-state index contributed by atoms with van der Waals surface area (Å²) < 4.78 is 11.4. The molecule has 2 fully saturated rings. The van der Waals surface area contributed by atoms with Crippen LogP contribution in [0.2, 0.25) is 0 Å². The van der Waals surface area contributed by atoms with Gasteiger partial charge < -0.3 is 14.4 Å². The van der Waals surface area contributed by atoms with E-state index in [1.54, 1.807) is 0 Å². The molecular weight excluding hydrogens is 302 g/mol. The molecule has 2 aliphatic heterocycles. The molecular formula is C20H29NO3. The SMILES string of the molecule is CCOC[C@H]1CC2(CCN(C(=O)CCc3ccccc3)CC2)CO1. The van der Waals surface area contributed by atoms with Gasteiger partial charge in [0.05, 0.1) is 19.3 Å². The summed E-state index contributed by atoms with van der Waals surface area (Å²) in [7, 11) is 0. The molecule has 1 aromatic carbocycles. The summed E-state index contributed by atoms with van der Waals surface area (Å²) in [6.45, 7) is 6.05. The Morgan fingerprint density at radius 2 is 2.04 bits per heavy atom. The predicted molar refractivity (Wildman–Crippen MR) is 93.9 cm³/mol. The lowest BCUT2D eigenvalue weighted by Gasteiger charge is -2.38. The van der Waals surface area contributed by atoms with Gasteiger partial charge in [-0.25, -0.2) is 0 Å². The maximum absolute atomic E-state index is 12.5. The first-order valence-corrected chi connectivity index (χ1v) is 9.22. The molecule has 132 valence electrons. The molecule has 0 aliphatic carbocycles. The number of carbonyl (C=O) groups excluding carboxylic acids is 1. The van der Waals surface area contributed by atoms with Crippen molar-refractivity contribution in [2.45, 2.75) is 45.1 Å². The lowest BCUT2D eigenvalue weighted by Crippen LogP contribution is -2.43. The largest absolute Gasteiger partial charge is 0.379 e. The van der Waals surface area contributed by atoms with Gasteiger partial charge in [-0.05, 0) is 43.6 Å². The molecule has 0 bridgehead atoms. The summed E-state index contributed by atoms with van der Waals surface area (Å²) >= 11 is 0. The zero-order valence-electron chi connectivity index (χ0n) is 14.7. The van der Waals surface area contributed by atoms with E-state index in [0.717, 1.165) is 52.0 Å². The Kier molecular flexibility index (Phi) is 5.90. The van der Waals surface area contributed by atoms with Gasteiger partial charge in [-0.2, -0.15) is 0 Å². The minimum atomic E-state index is 0.241. The highest BCUT2D eigenvalue weighted by Crippen LogP contribution is 2.42. The van der Waals surface area contributed by atoms with E-state index in [-0.39, 0.29) is 11.5 Å². The Bertz CT molecular complexity index is 523. The average molecular weight is 331 g/mol. The maximum Gasteiger partial charge on any atom is 0.222 e. The van der Waals surface area contributed by atoms with E-state index < -0.39 is 0 Å². The maximum atomic E-state index is 12.5. The zero-order valence-corrected chi connectivity index (χ0v) is 14.7. The van der Waals surface area contributed by atoms with Gasteiger partial charge in [-0.15, -0.1) is 0 Å². The van der Waals surface area contributed by atoms with Crippen molar-refractivity contribution in [3.05, 3.63) is 35.9 Å². The minimum absolute atomic E-state index is 0.241. The molecule has 0 saturated carbocycles. The van der Waals surface area contributed by atoms with Crippen LogP contribution in [-0.4, -0.2) is 49.8 Å². The number of piperidine rings is 1. The average Bonchev–Trinajstić information content (AvgIpc) is 3.02. The zero-order chi connectivity index (χ0) is 16.8. The first-order valence-electron chi connectivity index (χ1n) is 9.22. The van der Waals surface area contributed by atoms with Crippen LogP contribution in [0, 0.1) is 5.41 Å². The highest BCUT2D eigenvalue weighted by molar-refractivity contribution is 5.76. The monoisotopic (exact) mass is 331 g/mol. The van der Waals surface area contributed by atoms with Crippen LogP contribution in [0.4, 0.5) is 0 Å². The van der Waals surface area contributed by atoms with Crippen LogP contribution in [0.25, 0.3) is 0 Å². The second-order valence-electron chi connectivity index (χ2n) is 7.16. The Balaban J connectivity index is 1.42. The van der Waals surface area contributed by atoms with E-state index in [9.17, 15) is 4.79 Å². The van der Waals surface area contributed by atoms with Crippen LogP contribution in [0.1, 0.15) is 38.2 Å². The van der Waals surface area contributed by atoms with Gasteiger partial charge >= 0.3 is 0 Å². The summed E-state index contributed by atoms with van der Waals surface area (Å²) in [5.41, 5.74) is 1.51. The standard InChI is InChI=1S/C20H29NO3/c1-2-23-15-18-14-20(16-24-18)10-12-21(13-11-20)19(22)9-8-17-6-4-3-5-7-17/h3-7,18H,2,8-16H2,1H3/t18-/m1/s1. The first-order chi connectivity index (χ1) is 11.7. The van der Waals surface area contributed by atoms with Crippen molar-refractivity contribution in [1.82, 2.24) is 4.90 Å². The van der Waals surface area contributed by atoms with E-state index in [0.29, 0.717) is 18.9 Å². The number of likely N-dealkylation sites (tertiary alicyclic amines) is 1. The molecule has 4 heteroatoms. The Morgan fingerprint density at radius 3 is 2.75 bits per heavy atom. The lowest BCUT2D eigenvalue weighted by molar-refractivity contribution is -0.133. The van der Waals surface area contributed by atoms with Crippen molar-refractivity contribution < 1.29 is 14.3 Å². The van der Waals surface area contributed by atoms with Crippen molar-refractivity contribution >= 4 is 5.91 Å². The number of carbonyl (C=O) groups is 1. The summed E-state index contributed by atoms with van der Waals surface area (Å²) in [5, 5.41) is 0. The molecule has 1 amide bonds. The van der Waals surface area contributed by atoms with Crippen LogP contribution in [0.5, 0.6) is 0 Å². The van der Waals surface area contributed by atoms with Gasteiger partial charge in [0.15, 0.2) is 0 Å². The smallest absolute Gasteiger partial charge is 0.222 e. The van der Waals surface area contributed by atoms with E-state index in [1.807, 2.05) is 30.0 Å². The molecule has 2 heterocycles. The molecule has 24 heavy (non-hydrogen) atoms. The van der Waals surface area contributed by atoms with Crippen molar-refractivity contribution in [2.24, 2.45) is 5.41 Å². The summed E-state index contributed by atoms with van der Waals surface area (Å²) in [5.74, 6) is 0.290. The number of benzene rings is 1. The molecule has 0 radical (unpaired) electrons. The third-order valence-corrected chi connectivity index (χ3v) is 5.44. The van der Waals surface area contributed by atoms with Crippen molar-refractivity contribution in [3.63, 3.8) is 0 Å². The Morgan fingerprint density at radius 1 is 1.29 bits per heavy atom. The van der Waals surface area contributed by atoms with Gasteiger partial charge in [0, 0.05) is 26.1 Å². The van der Waals surface area contributed by atoms with Crippen LogP contribution < -0.4 is 0 Å². The second-order valence-corrected chi connectivity index (χ2v) is 7.16. The van der Waals surface area contributed by atoms with E-state index >= 15 is 0 Å². The highest BCUT2D eigenvalue weighted by Gasteiger charge is 2.42. The van der Waals surface area contributed by atoms with Gasteiger partial charge in [0.2, 0.25) is 5.91 Å².